The van der Waals surface area contributed by atoms with E-state index in [1.54, 1.807) is 0 Å². The Morgan fingerprint density at radius 3 is 2.54 bits per heavy atom. The van der Waals surface area contributed by atoms with Gasteiger partial charge in [-0.2, -0.15) is 0 Å². The zero-order chi connectivity index (χ0) is 18.4. The Labute approximate surface area is 160 Å². The molecule has 0 saturated heterocycles. The van der Waals surface area contributed by atoms with Crippen LogP contribution in [-0.2, 0) is 11.3 Å². The van der Waals surface area contributed by atoms with Crippen molar-refractivity contribution in [3.63, 3.8) is 0 Å². The first-order chi connectivity index (χ1) is 12.6. The maximum absolute atomic E-state index is 12.7. The van der Waals surface area contributed by atoms with Crippen molar-refractivity contribution in [2.24, 2.45) is 0 Å². The second-order valence-corrected chi connectivity index (χ2v) is 7.98. The summed E-state index contributed by atoms with van der Waals surface area (Å²) in [6.07, 6.45) is 7.34. The Bertz CT molecular complexity index is 708. The van der Waals surface area contributed by atoms with Gasteiger partial charge >= 0.3 is 0 Å². The summed E-state index contributed by atoms with van der Waals surface area (Å²) < 4.78 is 2.08. The van der Waals surface area contributed by atoms with E-state index in [0.717, 1.165) is 30.4 Å². The molecule has 26 heavy (non-hydrogen) atoms. The van der Waals surface area contributed by atoms with Crippen molar-refractivity contribution >= 4 is 17.7 Å². The molecule has 6 heteroatoms. The Balaban J connectivity index is 1.60. The normalized spacial score (nSPS) is 15.6. The Morgan fingerprint density at radius 2 is 1.85 bits per heavy atom. The highest BCUT2D eigenvalue weighted by molar-refractivity contribution is 7.99. The van der Waals surface area contributed by atoms with Gasteiger partial charge in [-0.3, -0.25) is 4.79 Å². The molecule has 1 aliphatic rings. The fourth-order valence-electron chi connectivity index (χ4n) is 3.49. The monoisotopic (exact) mass is 372 g/mol. The summed E-state index contributed by atoms with van der Waals surface area (Å²) in [5, 5.41) is 9.29. The molecule has 2 aromatic rings. The molecule has 1 aromatic carbocycles. The summed E-state index contributed by atoms with van der Waals surface area (Å²) in [6.45, 7) is 2.69. The molecule has 0 N–H and O–H groups in total. The van der Waals surface area contributed by atoms with Gasteiger partial charge in [0.2, 0.25) is 5.91 Å². The molecule has 1 saturated carbocycles. The van der Waals surface area contributed by atoms with Crippen molar-refractivity contribution in [3.8, 4) is 0 Å². The number of aryl methyl sites for hydroxylation is 1. The van der Waals surface area contributed by atoms with Gasteiger partial charge in [-0.25, -0.2) is 0 Å². The summed E-state index contributed by atoms with van der Waals surface area (Å²) in [5.41, 5.74) is 1.21. The van der Waals surface area contributed by atoms with Crippen LogP contribution in [0.25, 0.3) is 0 Å². The van der Waals surface area contributed by atoms with Gasteiger partial charge in [0.25, 0.3) is 0 Å². The zero-order valence-corrected chi connectivity index (χ0v) is 16.5. The van der Waals surface area contributed by atoms with E-state index in [-0.39, 0.29) is 5.91 Å². The topological polar surface area (TPSA) is 51.0 Å². The van der Waals surface area contributed by atoms with Crippen molar-refractivity contribution in [3.05, 3.63) is 41.7 Å². The summed E-state index contributed by atoms with van der Waals surface area (Å²) in [7, 11) is 1.96. The van der Waals surface area contributed by atoms with Gasteiger partial charge in [-0.15, -0.1) is 10.2 Å². The van der Waals surface area contributed by atoms with Crippen LogP contribution in [0.15, 0.2) is 35.5 Å². The molecule has 0 spiro atoms. The van der Waals surface area contributed by atoms with Crippen molar-refractivity contribution < 1.29 is 4.79 Å². The van der Waals surface area contributed by atoms with Crippen LogP contribution in [0.4, 0.5) is 0 Å². The van der Waals surface area contributed by atoms with Gasteiger partial charge < -0.3 is 9.47 Å². The predicted octanol–water partition coefficient (Wildman–Crippen LogP) is 3.91. The molecule has 5 nitrogen and oxygen atoms in total. The third kappa shape index (κ3) is 4.87. The molecule has 0 aliphatic heterocycles. The molecule has 0 bridgehead atoms. The van der Waals surface area contributed by atoms with E-state index >= 15 is 0 Å². The van der Waals surface area contributed by atoms with Crippen molar-refractivity contribution in [1.82, 2.24) is 19.7 Å². The van der Waals surface area contributed by atoms with Crippen LogP contribution in [0.3, 0.4) is 0 Å². The fraction of sp³-hybridized carbons (Fsp3) is 0.550. The maximum Gasteiger partial charge on any atom is 0.233 e. The fourth-order valence-corrected chi connectivity index (χ4v) is 4.40. The largest absolute Gasteiger partial charge is 0.342 e. The van der Waals surface area contributed by atoms with Crippen LogP contribution in [0.5, 0.6) is 0 Å². The molecular weight excluding hydrogens is 344 g/mol. The molecule has 1 aliphatic carbocycles. The standard InChI is InChI=1S/C20H28N4OS/c1-16-21-22-20(24(16)14-17-10-6-5-7-11-17)26-15-19(25)23(2)18-12-8-3-4-9-13-18/h5-7,10-11,18H,3-4,8-9,12-15H2,1-2H3. The van der Waals surface area contributed by atoms with Gasteiger partial charge in [-0.1, -0.05) is 67.8 Å². The van der Waals surface area contributed by atoms with Crippen molar-refractivity contribution in [2.45, 2.75) is 63.2 Å². The van der Waals surface area contributed by atoms with Crippen LogP contribution in [0, 0.1) is 6.92 Å². The lowest BCUT2D eigenvalue weighted by Crippen LogP contribution is -2.37. The van der Waals surface area contributed by atoms with E-state index < -0.39 is 0 Å². The Kier molecular flexibility index (Phi) is 6.72. The lowest BCUT2D eigenvalue weighted by Gasteiger charge is -2.27. The van der Waals surface area contributed by atoms with E-state index in [0.29, 0.717) is 11.8 Å². The highest BCUT2D eigenvalue weighted by atomic mass is 32.2. The number of carbonyl (C=O) groups excluding carboxylic acids is 1. The first-order valence-corrected chi connectivity index (χ1v) is 10.5. The number of rotatable bonds is 6. The van der Waals surface area contributed by atoms with Gasteiger partial charge in [0, 0.05) is 13.1 Å². The predicted molar refractivity (Wildman–Crippen MR) is 105 cm³/mol. The third-order valence-electron chi connectivity index (χ3n) is 5.18. The summed E-state index contributed by atoms with van der Waals surface area (Å²) in [5.74, 6) is 1.48. The highest BCUT2D eigenvalue weighted by Crippen LogP contribution is 2.23. The Hall–Kier alpha value is -1.82. The molecular formula is C20H28N4OS. The third-order valence-corrected chi connectivity index (χ3v) is 6.13. The van der Waals surface area contributed by atoms with E-state index in [2.05, 4.69) is 26.9 Å². The minimum atomic E-state index is 0.189. The van der Waals surface area contributed by atoms with Crippen molar-refractivity contribution in [2.75, 3.05) is 12.8 Å². The molecule has 0 atom stereocenters. The first-order valence-electron chi connectivity index (χ1n) is 9.47. The van der Waals surface area contributed by atoms with Gasteiger partial charge in [0.15, 0.2) is 5.16 Å². The molecule has 3 rings (SSSR count). The summed E-state index contributed by atoms with van der Waals surface area (Å²) >= 11 is 1.49. The van der Waals surface area contributed by atoms with E-state index in [1.165, 1.54) is 43.0 Å². The molecule has 0 unspecified atom stereocenters. The second-order valence-electron chi connectivity index (χ2n) is 7.04. The van der Waals surface area contributed by atoms with Crippen LogP contribution in [-0.4, -0.2) is 44.4 Å². The number of thioether (sulfide) groups is 1. The van der Waals surface area contributed by atoms with Crippen LogP contribution in [0.2, 0.25) is 0 Å². The zero-order valence-electron chi connectivity index (χ0n) is 15.7. The molecule has 1 fully saturated rings. The van der Waals surface area contributed by atoms with Crippen LogP contribution in [0.1, 0.15) is 49.9 Å². The molecule has 1 aromatic heterocycles. The number of carbonyl (C=O) groups is 1. The first kappa shape index (κ1) is 19.0. The minimum absolute atomic E-state index is 0.189. The van der Waals surface area contributed by atoms with E-state index in [4.69, 9.17) is 0 Å². The molecule has 1 heterocycles. The average molecular weight is 373 g/mol. The minimum Gasteiger partial charge on any atom is -0.342 e. The smallest absolute Gasteiger partial charge is 0.233 e. The highest BCUT2D eigenvalue weighted by Gasteiger charge is 2.22. The van der Waals surface area contributed by atoms with E-state index in [9.17, 15) is 4.79 Å². The number of aromatic nitrogens is 3. The lowest BCUT2D eigenvalue weighted by atomic mass is 10.1. The van der Waals surface area contributed by atoms with Crippen LogP contribution < -0.4 is 0 Å². The second kappa shape index (κ2) is 9.21. The Morgan fingerprint density at radius 1 is 1.15 bits per heavy atom. The lowest BCUT2D eigenvalue weighted by molar-refractivity contribution is -0.129. The average Bonchev–Trinajstić information content (AvgIpc) is 2.87. The SMILES string of the molecule is Cc1nnc(SCC(=O)N(C)C2CCCCCC2)n1Cc1ccccc1. The number of amides is 1. The number of benzene rings is 1. The van der Waals surface area contributed by atoms with E-state index in [1.807, 2.05) is 37.1 Å². The summed E-state index contributed by atoms with van der Waals surface area (Å²) in [4.78, 5) is 14.6. The molecule has 0 radical (unpaired) electrons. The van der Waals surface area contributed by atoms with Gasteiger partial charge in [0.05, 0.1) is 12.3 Å². The van der Waals surface area contributed by atoms with Crippen molar-refractivity contribution in [1.29, 1.82) is 0 Å². The number of hydrogen-bond donors (Lipinski definition) is 0. The van der Waals surface area contributed by atoms with Gasteiger partial charge in [-0.05, 0) is 25.3 Å². The summed E-state index contributed by atoms with van der Waals surface area (Å²) in [6, 6.07) is 10.7. The van der Waals surface area contributed by atoms with Gasteiger partial charge in [0.1, 0.15) is 5.82 Å². The number of nitrogens with zero attached hydrogens (tertiary/aromatic N) is 4. The number of hydrogen-bond acceptors (Lipinski definition) is 4. The maximum atomic E-state index is 12.7. The molecule has 140 valence electrons. The quantitative estimate of drug-likeness (QED) is 0.570. The van der Waals surface area contributed by atoms with Crippen LogP contribution >= 0.6 is 11.8 Å². The molecule has 1 amide bonds.